The van der Waals surface area contributed by atoms with E-state index in [-0.39, 0.29) is 0 Å². The Balaban J connectivity index is 2.71. The Hall–Kier alpha value is -1.37. The Labute approximate surface area is 117 Å². The predicted octanol–water partition coefficient (Wildman–Crippen LogP) is 2.73. The molecule has 0 radical (unpaired) electrons. The molecule has 0 heterocycles. The Morgan fingerprint density at radius 3 is 2.32 bits per heavy atom. The number of benzene rings is 1. The standard InChI is InChI=1S/C16H25N3/c1-13(2)14(3)19(4)11-10-16(18,12-17)15-8-6-5-7-9-15/h5-9,13-14H,10-11,18H2,1-4H3. The number of nitrogens with zero attached hydrogens (tertiary/aromatic N) is 2. The minimum Gasteiger partial charge on any atom is -0.310 e. The number of hydrogen-bond acceptors (Lipinski definition) is 3. The highest BCUT2D eigenvalue weighted by Crippen LogP contribution is 2.22. The van der Waals surface area contributed by atoms with Crippen molar-refractivity contribution in [1.29, 1.82) is 5.26 Å². The molecular weight excluding hydrogens is 234 g/mol. The van der Waals surface area contributed by atoms with E-state index in [0.717, 1.165) is 12.1 Å². The van der Waals surface area contributed by atoms with Gasteiger partial charge in [-0.3, -0.25) is 0 Å². The first-order valence-corrected chi connectivity index (χ1v) is 6.86. The number of rotatable bonds is 6. The summed E-state index contributed by atoms with van der Waals surface area (Å²) >= 11 is 0. The van der Waals surface area contributed by atoms with Crippen LogP contribution in [-0.2, 0) is 5.54 Å². The summed E-state index contributed by atoms with van der Waals surface area (Å²) in [7, 11) is 2.09. The van der Waals surface area contributed by atoms with E-state index in [1.54, 1.807) is 0 Å². The van der Waals surface area contributed by atoms with Gasteiger partial charge in [-0.15, -0.1) is 0 Å². The summed E-state index contributed by atoms with van der Waals surface area (Å²) in [6.45, 7) is 7.44. The molecule has 1 rings (SSSR count). The molecule has 0 aromatic heterocycles. The van der Waals surface area contributed by atoms with Gasteiger partial charge in [0, 0.05) is 12.6 Å². The molecule has 2 atom stereocenters. The quantitative estimate of drug-likeness (QED) is 0.854. The molecule has 3 nitrogen and oxygen atoms in total. The van der Waals surface area contributed by atoms with Gasteiger partial charge in [0.25, 0.3) is 0 Å². The maximum atomic E-state index is 9.41. The van der Waals surface area contributed by atoms with Crippen LogP contribution in [0.15, 0.2) is 30.3 Å². The smallest absolute Gasteiger partial charge is 0.131 e. The Bertz CT molecular complexity index is 421. The third kappa shape index (κ3) is 4.05. The van der Waals surface area contributed by atoms with Gasteiger partial charge in [0.2, 0.25) is 0 Å². The Morgan fingerprint density at radius 2 is 1.84 bits per heavy atom. The van der Waals surface area contributed by atoms with Gasteiger partial charge >= 0.3 is 0 Å². The molecule has 2 unspecified atom stereocenters. The van der Waals surface area contributed by atoms with Crippen molar-refractivity contribution in [3.63, 3.8) is 0 Å². The van der Waals surface area contributed by atoms with Crippen LogP contribution in [0.2, 0.25) is 0 Å². The molecule has 0 aliphatic heterocycles. The lowest BCUT2D eigenvalue weighted by Crippen LogP contribution is -2.41. The van der Waals surface area contributed by atoms with Crippen LogP contribution in [0, 0.1) is 17.2 Å². The van der Waals surface area contributed by atoms with Gasteiger partial charge in [0.05, 0.1) is 6.07 Å². The fourth-order valence-corrected chi connectivity index (χ4v) is 2.07. The van der Waals surface area contributed by atoms with Crippen LogP contribution in [-0.4, -0.2) is 24.5 Å². The summed E-state index contributed by atoms with van der Waals surface area (Å²) in [5, 5.41) is 9.41. The first-order chi connectivity index (χ1) is 8.90. The zero-order valence-corrected chi connectivity index (χ0v) is 12.4. The zero-order valence-electron chi connectivity index (χ0n) is 12.4. The van der Waals surface area contributed by atoms with E-state index < -0.39 is 5.54 Å². The average Bonchev–Trinajstić information content (AvgIpc) is 2.44. The Morgan fingerprint density at radius 1 is 1.26 bits per heavy atom. The SMILES string of the molecule is CC(C)C(C)N(C)CCC(N)(C#N)c1ccccc1. The first-order valence-electron chi connectivity index (χ1n) is 6.86. The highest BCUT2D eigenvalue weighted by molar-refractivity contribution is 5.30. The number of nitrogens with two attached hydrogens (primary N) is 1. The lowest BCUT2D eigenvalue weighted by molar-refractivity contribution is 0.195. The molecule has 1 aromatic carbocycles. The summed E-state index contributed by atoms with van der Waals surface area (Å²) in [5.41, 5.74) is 6.25. The fourth-order valence-electron chi connectivity index (χ4n) is 2.07. The second kappa shape index (κ2) is 6.70. The van der Waals surface area contributed by atoms with E-state index in [2.05, 4.69) is 38.8 Å². The third-order valence-corrected chi connectivity index (χ3v) is 4.01. The molecule has 2 N–H and O–H groups in total. The van der Waals surface area contributed by atoms with Gasteiger partial charge in [0.15, 0.2) is 0 Å². The first kappa shape index (κ1) is 15.7. The van der Waals surface area contributed by atoms with E-state index in [0.29, 0.717) is 18.4 Å². The highest BCUT2D eigenvalue weighted by atomic mass is 15.1. The van der Waals surface area contributed by atoms with Crippen LogP contribution in [0.25, 0.3) is 0 Å². The predicted molar refractivity (Wildman–Crippen MR) is 79.5 cm³/mol. The van der Waals surface area contributed by atoms with Gasteiger partial charge in [-0.25, -0.2) is 0 Å². The molecule has 0 aliphatic rings. The lowest BCUT2D eigenvalue weighted by atomic mass is 9.88. The van der Waals surface area contributed by atoms with Crippen molar-refractivity contribution in [3.8, 4) is 6.07 Å². The van der Waals surface area contributed by atoms with E-state index in [9.17, 15) is 5.26 Å². The fraction of sp³-hybridized carbons (Fsp3) is 0.562. The zero-order chi connectivity index (χ0) is 14.5. The number of hydrogen-bond donors (Lipinski definition) is 1. The van der Waals surface area contributed by atoms with Gasteiger partial charge in [-0.05, 0) is 31.9 Å². The van der Waals surface area contributed by atoms with Gasteiger partial charge in [0.1, 0.15) is 5.54 Å². The van der Waals surface area contributed by atoms with Crippen molar-refractivity contribution >= 4 is 0 Å². The molecule has 1 aromatic rings. The van der Waals surface area contributed by atoms with Gasteiger partial charge < -0.3 is 10.6 Å². The molecule has 0 saturated heterocycles. The van der Waals surface area contributed by atoms with Crippen molar-refractivity contribution < 1.29 is 0 Å². The Kier molecular flexibility index (Phi) is 5.53. The van der Waals surface area contributed by atoms with Crippen LogP contribution in [0.5, 0.6) is 0 Å². The minimum absolute atomic E-state index is 0.485. The normalized spacial score (nSPS) is 16.1. The number of nitriles is 1. The van der Waals surface area contributed by atoms with E-state index in [1.807, 2.05) is 30.3 Å². The van der Waals surface area contributed by atoms with Crippen molar-refractivity contribution in [1.82, 2.24) is 4.90 Å². The second-order valence-corrected chi connectivity index (χ2v) is 5.66. The average molecular weight is 259 g/mol. The maximum Gasteiger partial charge on any atom is 0.131 e. The highest BCUT2D eigenvalue weighted by Gasteiger charge is 2.28. The van der Waals surface area contributed by atoms with Crippen molar-refractivity contribution in [2.24, 2.45) is 11.7 Å². The molecular formula is C16H25N3. The van der Waals surface area contributed by atoms with Crippen LogP contribution >= 0.6 is 0 Å². The van der Waals surface area contributed by atoms with E-state index >= 15 is 0 Å². The summed E-state index contributed by atoms with van der Waals surface area (Å²) in [4.78, 5) is 2.27. The van der Waals surface area contributed by atoms with Crippen LogP contribution in [0.3, 0.4) is 0 Å². The summed E-state index contributed by atoms with van der Waals surface area (Å²) in [5.74, 6) is 0.594. The third-order valence-electron chi connectivity index (χ3n) is 4.01. The van der Waals surface area contributed by atoms with Crippen LogP contribution in [0.4, 0.5) is 0 Å². The van der Waals surface area contributed by atoms with Gasteiger partial charge in [-0.2, -0.15) is 5.26 Å². The molecule has 0 spiro atoms. The molecule has 19 heavy (non-hydrogen) atoms. The molecule has 0 aliphatic carbocycles. The van der Waals surface area contributed by atoms with E-state index in [1.165, 1.54) is 0 Å². The molecule has 0 fully saturated rings. The monoisotopic (exact) mass is 259 g/mol. The summed E-state index contributed by atoms with van der Waals surface area (Å²) in [6.07, 6.45) is 0.640. The molecule has 0 amide bonds. The van der Waals surface area contributed by atoms with E-state index in [4.69, 9.17) is 5.73 Å². The minimum atomic E-state index is -0.897. The van der Waals surface area contributed by atoms with Crippen LogP contribution in [0.1, 0.15) is 32.8 Å². The van der Waals surface area contributed by atoms with Crippen molar-refractivity contribution in [3.05, 3.63) is 35.9 Å². The molecule has 0 saturated carbocycles. The van der Waals surface area contributed by atoms with Crippen molar-refractivity contribution in [2.45, 2.75) is 38.8 Å². The van der Waals surface area contributed by atoms with Crippen LogP contribution < -0.4 is 5.73 Å². The molecule has 3 heteroatoms. The van der Waals surface area contributed by atoms with Crippen molar-refractivity contribution in [2.75, 3.05) is 13.6 Å². The molecule has 104 valence electrons. The second-order valence-electron chi connectivity index (χ2n) is 5.66. The van der Waals surface area contributed by atoms with Gasteiger partial charge in [-0.1, -0.05) is 44.2 Å². The lowest BCUT2D eigenvalue weighted by Gasteiger charge is -2.31. The topological polar surface area (TPSA) is 53.0 Å². The summed E-state index contributed by atoms with van der Waals surface area (Å²) < 4.78 is 0. The summed E-state index contributed by atoms with van der Waals surface area (Å²) in [6, 6.07) is 12.4. The largest absolute Gasteiger partial charge is 0.310 e. The maximum absolute atomic E-state index is 9.41. The molecule has 0 bridgehead atoms.